The quantitative estimate of drug-likeness (QED) is 0.797. The van der Waals surface area contributed by atoms with Crippen molar-refractivity contribution in [2.45, 2.75) is 6.04 Å². The number of benzene rings is 2. The molecule has 1 amide bonds. The van der Waals surface area contributed by atoms with Crippen molar-refractivity contribution in [2.75, 3.05) is 0 Å². The molecule has 4 nitrogen and oxygen atoms in total. The Balaban J connectivity index is 1.99. The van der Waals surface area contributed by atoms with Crippen molar-refractivity contribution in [3.63, 3.8) is 0 Å². The van der Waals surface area contributed by atoms with Gasteiger partial charge >= 0.3 is 0 Å². The molecule has 2 aromatic carbocycles. The lowest BCUT2D eigenvalue weighted by Crippen LogP contribution is -2.27. The van der Waals surface area contributed by atoms with Gasteiger partial charge in [-0.25, -0.2) is 0 Å². The third kappa shape index (κ3) is 2.69. The Bertz CT molecular complexity index is 735. The van der Waals surface area contributed by atoms with Crippen LogP contribution in [0.25, 0.3) is 11.3 Å². The fourth-order valence-electron chi connectivity index (χ4n) is 2.33. The van der Waals surface area contributed by atoms with E-state index in [2.05, 4.69) is 5.10 Å². The zero-order valence-electron chi connectivity index (χ0n) is 11.4. The summed E-state index contributed by atoms with van der Waals surface area (Å²) in [6.07, 6.45) is 1.78. The van der Waals surface area contributed by atoms with Crippen molar-refractivity contribution in [3.05, 3.63) is 78.5 Å². The molecule has 0 saturated carbocycles. The molecule has 0 bridgehead atoms. The number of carbonyl (C=O) groups excluding carboxylic acids is 1. The van der Waals surface area contributed by atoms with Crippen molar-refractivity contribution in [2.24, 2.45) is 5.73 Å². The highest BCUT2D eigenvalue weighted by atomic mass is 16.1. The van der Waals surface area contributed by atoms with Crippen LogP contribution in [-0.2, 0) is 4.79 Å². The second kappa shape index (κ2) is 5.63. The molecule has 0 aliphatic carbocycles. The van der Waals surface area contributed by atoms with Crippen molar-refractivity contribution < 1.29 is 4.79 Å². The van der Waals surface area contributed by atoms with Gasteiger partial charge in [0.15, 0.2) is 6.04 Å². The van der Waals surface area contributed by atoms with Crippen molar-refractivity contribution in [1.29, 1.82) is 0 Å². The standard InChI is InChI=1S/C17H15N3O/c18-17(21)16(14-9-5-2-6-10-14)20-12-11-15(19-20)13-7-3-1-4-8-13/h1-12,16H,(H2,18,21). The van der Waals surface area contributed by atoms with Crippen molar-refractivity contribution in [1.82, 2.24) is 9.78 Å². The number of aromatic nitrogens is 2. The monoisotopic (exact) mass is 277 g/mol. The van der Waals surface area contributed by atoms with Gasteiger partial charge in [0.2, 0.25) is 5.91 Å². The summed E-state index contributed by atoms with van der Waals surface area (Å²) in [5.74, 6) is -0.427. The van der Waals surface area contributed by atoms with Crippen LogP contribution in [0.15, 0.2) is 72.9 Å². The van der Waals surface area contributed by atoms with E-state index in [4.69, 9.17) is 5.73 Å². The van der Waals surface area contributed by atoms with Crippen molar-refractivity contribution >= 4 is 5.91 Å². The molecule has 0 fully saturated rings. The second-order valence-corrected chi connectivity index (χ2v) is 4.76. The summed E-state index contributed by atoms with van der Waals surface area (Å²) >= 11 is 0. The molecular weight excluding hydrogens is 262 g/mol. The van der Waals surface area contributed by atoms with Crippen LogP contribution in [-0.4, -0.2) is 15.7 Å². The fourth-order valence-corrected chi connectivity index (χ4v) is 2.33. The number of nitrogens with zero attached hydrogens (tertiary/aromatic N) is 2. The van der Waals surface area contributed by atoms with Crippen LogP contribution in [0.1, 0.15) is 11.6 Å². The predicted molar refractivity (Wildman–Crippen MR) is 81.4 cm³/mol. The van der Waals surface area contributed by atoms with Gasteiger partial charge in [-0.2, -0.15) is 5.10 Å². The van der Waals surface area contributed by atoms with Crippen LogP contribution >= 0.6 is 0 Å². The van der Waals surface area contributed by atoms with Crippen LogP contribution < -0.4 is 5.73 Å². The first kappa shape index (κ1) is 13.1. The smallest absolute Gasteiger partial charge is 0.246 e. The van der Waals surface area contributed by atoms with E-state index in [0.717, 1.165) is 16.8 Å². The summed E-state index contributed by atoms with van der Waals surface area (Å²) in [7, 11) is 0. The zero-order valence-corrected chi connectivity index (χ0v) is 11.4. The molecule has 0 saturated heterocycles. The normalized spacial score (nSPS) is 12.0. The van der Waals surface area contributed by atoms with E-state index in [1.165, 1.54) is 0 Å². The van der Waals surface area contributed by atoms with Crippen LogP contribution in [0.5, 0.6) is 0 Å². The lowest BCUT2D eigenvalue weighted by Gasteiger charge is -2.14. The molecule has 0 aliphatic heterocycles. The highest BCUT2D eigenvalue weighted by Crippen LogP contribution is 2.21. The Kier molecular flexibility index (Phi) is 3.51. The molecule has 4 heteroatoms. The summed E-state index contributed by atoms with van der Waals surface area (Å²) in [4.78, 5) is 11.8. The van der Waals surface area contributed by atoms with E-state index in [9.17, 15) is 4.79 Å². The van der Waals surface area contributed by atoms with Gasteiger partial charge in [-0.15, -0.1) is 0 Å². The zero-order chi connectivity index (χ0) is 14.7. The molecule has 0 aliphatic rings. The number of rotatable bonds is 4. The van der Waals surface area contributed by atoms with Crippen molar-refractivity contribution in [3.8, 4) is 11.3 Å². The van der Waals surface area contributed by atoms with E-state index in [0.29, 0.717) is 0 Å². The van der Waals surface area contributed by atoms with E-state index in [-0.39, 0.29) is 0 Å². The van der Waals surface area contributed by atoms with Gasteiger partial charge in [-0.1, -0.05) is 60.7 Å². The summed E-state index contributed by atoms with van der Waals surface area (Å²) in [6.45, 7) is 0. The molecule has 104 valence electrons. The molecule has 3 aromatic rings. The van der Waals surface area contributed by atoms with Gasteiger partial charge in [0.25, 0.3) is 0 Å². The third-order valence-corrected chi connectivity index (χ3v) is 3.33. The average Bonchev–Trinajstić information content (AvgIpc) is 2.98. The summed E-state index contributed by atoms with van der Waals surface area (Å²) in [5.41, 5.74) is 8.20. The molecule has 2 N–H and O–H groups in total. The number of hydrogen-bond acceptors (Lipinski definition) is 2. The highest BCUT2D eigenvalue weighted by Gasteiger charge is 2.20. The summed E-state index contributed by atoms with van der Waals surface area (Å²) in [6, 6.07) is 20.5. The number of nitrogens with two attached hydrogens (primary N) is 1. The minimum Gasteiger partial charge on any atom is -0.368 e. The van der Waals surface area contributed by atoms with Gasteiger partial charge in [0.1, 0.15) is 0 Å². The first-order valence-corrected chi connectivity index (χ1v) is 6.70. The van der Waals surface area contributed by atoms with Gasteiger partial charge < -0.3 is 5.73 Å². The number of amides is 1. The first-order valence-electron chi connectivity index (χ1n) is 6.70. The van der Waals surface area contributed by atoms with E-state index < -0.39 is 11.9 Å². The lowest BCUT2D eigenvalue weighted by atomic mass is 10.1. The predicted octanol–water partition coefficient (Wildman–Crippen LogP) is 2.62. The molecule has 3 rings (SSSR count). The van der Waals surface area contributed by atoms with Crippen LogP contribution in [0.4, 0.5) is 0 Å². The molecular formula is C17H15N3O. The Morgan fingerprint density at radius 1 is 0.952 bits per heavy atom. The molecule has 21 heavy (non-hydrogen) atoms. The van der Waals surface area contributed by atoms with Gasteiger partial charge in [-0.05, 0) is 11.6 Å². The van der Waals surface area contributed by atoms with E-state index in [1.807, 2.05) is 66.7 Å². The molecule has 0 radical (unpaired) electrons. The van der Waals surface area contributed by atoms with Crippen LogP contribution in [0, 0.1) is 0 Å². The maximum absolute atomic E-state index is 11.8. The maximum atomic E-state index is 11.8. The molecule has 1 aromatic heterocycles. The third-order valence-electron chi connectivity index (χ3n) is 3.33. The number of primary amides is 1. The topological polar surface area (TPSA) is 60.9 Å². The Labute approximate surface area is 122 Å². The lowest BCUT2D eigenvalue weighted by molar-refractivity contribution is -0.120. The average molecular weight is 277 g/mol. The Morgan fingerprint density at radius 3 is 2.19 bits per heavy atom. The second-order valence-electron chi connectivity index (χ2n) is 4.76. The van der Waals surface area contributed by atoms with E-state index >= 15 is 0 Å². The Morgan fingerprint density at radius 2 is 1.57 bits per heavy atom. The first-order chi connectivity index (χ1) is 10.3. The van der Waals surface area contributed by atoms with Crippen LogP contribution in [0.3, 0.4) is 0 Å². The largest absolute Gasteiger partial charge is 0.368 e. The molecule has 1 atom stereocenters. The maximum Gasteiger partial charge on any atom is 0.246 e. The highest BCUT2D eigenvalue weighted by molar-refractivity contribution is 5.81. The van der Waals surface area contributed by atoms with Gasteiger partial charge in [0.05, 0.1) is 5.69 Å². The van der Waals surface area contributed by atoms with Crippen LogP contribution in [0.2, 0.25) is 0 Å². The Hall–Kier alpha value is -2.88. The number of carbonyl (C=O) groups is 1. The molecule has 0 spiro atoms. The number of hydrogen-bond donors (Lipinski definition) is 1. The SMILES string of the molecule is NC(=O)C(c1ccccc1)n1ccc(-c2ccccc2)n1. The molecule has 1 unspecified atom stereocenters. The summed E-state index contributed by atoms with van der Waals surface area (Å²) in [5, 5.41) is 4.49. The minimum absolute atomic E-state index is 0.427. The fraction of sp³-hybridized carbons (Fsp3) is 0.0588. The minimum atomic E-state index is -0.594. The molecule has 1 heterocycles. The summed E-state index contributed by atoms with van der Waals surface area (Å²) < 4.78 is 1.61. The van der Waals surface area contributed by atoms with Gasteiger partial charge in [-0.3, -0.25) is 9.48 Å². The van der Waals surface area contributed by atoms with Gasteiger partial charge in [0, 0.05) is 11.8 Å². The van der Waals surface area contributed by atoms with E-state index in [1.54, 1.807) is 10.9 Å².